The summed E-state index contributed by atoms with van der Waals surface area (Å²) < 4.78 is 2.10. The van der Waals surface area contributed by atoms with E-state index in [4.69, 9.17) is 4.98 Å². The van der Waals surface area contributed by atoms with Crippen LogP contribution in [0.25, 0.3) is 11.0 Å². The van der Waals surface area contributed by atoms with Gasteiger partial charge in [0, 0.05) is 37.8 Å². The van der Waals surface area contributed by atoms with E-state index in [0.717, 1.165) is 48.5 Å². The van der Waals surface area contributed by atoms with Crippen molar-refractivity contribution in [3.05, 3.63) is 48.3 Å². The Morgan fingerprint density at radius 2 is 2.15 bits per heavy atom. The molecule has 1 aromatic carbocycles. The number of carbonyl (C=O) groups excluding carboxylic acids is 1. The van der Waals surface area contributed by atoms with Crippen molar-refractivity contribution in [2.45, 2.75) is 58.0 Å². The van der Waals surface area contributed by atoms with Crippen LogP contribution in [-0.4, -0.2) is 36.9 Å². The highest BCUT2D eigenvalue weighted by Gasteiger charge is 2.30. The number of benzene rings is 1. The van der Waals surface area contributed by atoms with Gasteiger partial charge in [0.15, 0.2) is 0 Å². The summed E-state index contributed by atoms with van der Waals surface area (Å²) in [4.78, 5) is 27.6. The maximum absolute atomic E-state index is 13.0. The Morgan fingerprint density at radius 3 is 2.96 bits per heavy atom. The van der Waals surface area contributed by atoms with Crippen molar-refractivity contribution >= 4 is 16.9 Å². The van der Waals surface area contributed by atoms with E-state index in [1.807, 2.05) is 41.6 Å². The van der Waals surface area contributed by atoms with Gasteiger partial charge in [0.1, 0.15) is 11.6 Å². The number of likely N-dealkylation sites (tertiary alicyclic amines) is 1. The monoisotopic (exact) mass is 365 g/mol. The molecule has 2 aromatic heterocycles. The van der Waals surface area contributed by atoms with Crippen LogP contribution in [0.1, 0.15) is 63.1 Å². The molecule has 0 aliphatic carbocycles. The lowest BCUT2D eigenvalue weighted by Gasteiger charge is -2.34. The number of imidazole rings is 2. The Hall–Kier alpha value is -2.63. The van der Waals surface area contributed by atoms with Gasteiger partial charge in [0.2, 0.25) is 5.91 Å². The Bertz CT molecular complexity index is 892. The first-order valence-corrected chi connectivity index (χ1v) is 9.88. The van der Waals surface area contributed by atoms with E-state index >= 15 is 0 Å². The van der Waals surface area contributed by atoms with Gasteiger partial charge >= 0.3 is 0 Å². The average Bonchev–Trinajstić information content (AvgIpc) is 3.32. The van der Waals surface area contributed by atoms with Crippen LogP contribution in [0.3, 0.4) is 0 Å². The molecule has 1 aliphatic heterocycles. The molecule has 27 heavy (non-hydrogen) atoms. The van der Waals surface area contributed by atoms with E-state index in [2.05, 4.69) is 28.4 Å². The highest BCUT2D eigenvalue weighted by Crippen LogP contribution is 2.31. The lowest BCUT2D eigenvalue weighted by molar-refractivity contribution is -0.135. The summed E-state index contributed by atoms with van der Waals surface area (Å²) in [6.07, 6.45) is 7.43. The lowest BCUT2D eigenvalue weighted by Crippen LogP contribution is -2.39. The molecule has 3 heterocycles. The summed E-state index contributed by atoms with van der Waals surface area (Å²) in [6, 6.07) is 8.09. The zero-order chi connectivity index (χ0) is 18.8. The van der Waals surface area contributed by atoms with Crippen molar-refractivity contribution < 1.29 is 4.79 Å². The summed E-state index contributed by atoms with van der Waals surface area (Å²) in [6.45, 7) is 5.74. The number of hydrogen-bond donors (Lipinski definition) is 1. The number of amides is 1. The predicted octanol–water partition coefficient (Wildman–Crippen LogP) is 4.03. The average molecular weight is 365 g/mol. The molecular formula is C21H27N5O. The third-order valence-electron chi connectivity index (χ3n) is 5.38. The van der Waals surface area contributed by atoms with Crippen molar-refractivity contribution in [3.8, 4) is 0 Å². The van der Waals surface area contributed by atoms with Crippen LogP contribution in [0.15, 0.2) is 36.7 Å². The van der Waals surface area contributed by atoms with Gasteiger partial charge in [-0.3, -0.25) is 4.79 Å². The lowest BCUT2D eigenvalue weighted by atomic mass is 10.0. The van der Waals surface area contributed by atoms with Crippen molar-refractivity contribution in [3.63, 3.8) is 0 Å². The largest absolute Gasteiger partial charge is 0.340 e. The second-order valence-electron chi connectivity index (χ2n) is 7.62. The molecule has 1 amide bonds. The topological polar surface area (TPSA) is 66.8 Å². The van der Waals surface area contributed by atoms with Crippen LogP contribution < -0.4 is 0 Å². The number of rotatable bonds is 5. The normalized spacial score (nSPS) is 17.7. The van der Waals surface area contributed by atoms with E-state index < -0.39 is 0 Å². The number of carbonyl (C=O) groups is 1. The Balaban J connectivity index is 1.49. The zero-order valence-electron chi connectivity index (χ0n) is 16.1. The van der Waals surface area contributed by atoms with Crippen LogP contribution >= 0.6 is 0 Å². The molecule has 1 aliphatic rings. The number of aromatic nitrogens is 4. The maximum Gasteiger partial charge on any atom is 0.224 e. The minimum Gasteiger partial charge on any atom is -0.340 e. The van der Waals surface area contributed by atoms with Crippen molar-refractivity contribution in [2.24, 2.45) is 0 Å². The van der Waals surface area contributed by atoms with Crippen LogP contribution in [0.5, 0.6) is 0 Å². The Morgan fingerprint density at radius 1 is 1.30 bits per heavy atom. The molecule has 6 nitrogen and oxygen atoms in total. The van der Waals surface area contributed by atoms with Gasteiger partial charge < -0.3 is 14.5 Å². The fourth-order valence-corrected chi connectivity index (χ4v) is 4.01. The molecule has 3 aromatic rings. The smallest absolute Gasteiger partial charge is 0.224 e. The quantitative estimate of drug-likeness (QED) is 0.742. The molecule has 0 radical (unpaired) electrons. The van der Waals surface area contributed by atoms with Gasteiger partial charge in [-0.15, -0.1) is 0 Å². The minimum absolute atomic E-state index is 0.0472. The number of fused-ring (bicyclic) bond motifs is 1. The first kappa shape index (κ1) is 17.8. The number of piperidine rings is 1. The molecule has 1 fully saturated rings. The van der Waals surface area contributed by atoms with Gasteiger partial charge in [-0.05, 0) is 31.4 Å². The first-order chi connectivity index (χ1) is 13.1. The standard InChI is InChI=1S/C21H27N5O/c1-15(2)21-22-11-14-25(21)13-10-19(27)26-12-6-5-9-18(26)20-23-16-7-3-4-8-17(16)24-20/h3-4,7-8,11,14-15,18H,5-6,9-10,12-13H2,1-2H3,(H,23,24)/t18-/m1/s1. The van der Waals surface area contributed by atoms with E-state index in [1.54, 1.807) is 0 Å². The van der Waals surface area contributed by atoms with Gasteiger partial charge in [0.25, 0.3) is 0 Å². The SMILES string of the molecule is CC(C)c1nccn1CCC(=O)N1CCCC[C@@H]1c1nc2ccccc2[nH]1. The van der Waals surface area contributed by atoms with Crippen molar-refractivity contribution in [1.29, 1.82) is 0 Å². The first-order valence-electron chi connectivity index (χ1n) is 9.88. The fourth-order valence-electron chi connectivity index (χ4n) is 4.01. The van der Waals surface area contributed by atoms with Gasteiger partial charge in [-0.1, -0.05) is 26.0 Å². The number of H-pyrrole nitrogens is 1. The molecule has 0 spiro atoms. The molecule has 0 saturated carbocycles. The summed E-state index contributed by atoms with van der Waals surface area (Å²) in [5.41, 5.74) is 2.00. The highest BCUT2D eigenvalue weighted by molar-refractivity contribution is 5.78. The second kappa shape index (κ2) is 7.55. The maximum atomic E-state index is 13.0. The molecule has 4 rings (SSSR count). The molecule has 1 atom stereocenters. The Labute approximate surface area is 159 Å². The number of aryl methyl sites for hydroxylation is 1. The number of nitrogens with one attached hydrogen (secondary N) is 1. The zero-order valence-corrected chi connectivity index (χ0v) is 16.1. The highest BCUT2D eigenvalue weighted by atomic mass is 16.2. The van der Waals surface area contributed by atoms with Crippen LogP contribution in [0.2, 0.25) is 0 Å². The third-order valence-corrected chi connectivity index (χ3v) is 5.38. The van der Waals surface area contributed by atoms with Crippen molar-refractivity contribution in [2.75, 3.05) is 6.54 Å². The van der Waals surface area contributed by atoms with E-state index in [1.165, 1.54) is 0 Å². The van der Waals surface area contributed by atoms with E-state index in [-0.39, 0.29) is 11.9 Å². The van der Waals surface area contributed by atoms with E-state index in [9.17, 15) is 4.79 Å². The summed E-state index contributed by atoms with van der Waals surface area (Å²) >= 11 is 0. The number of hydrogen-bond acceptors (Lipinski definition) is 3. The molecule has 1 N–H and O–H groups in total. The molecule has 6 heteroatoms. The predicted molar refractivity (Wildman–Crippen MR) is 105 cm³/mol. The number of nitrogens with zero attached hydrogens (tertiary/aromatic N) is 4. The third kappa shape index (κ3) is 3.61. The Kier molecular flexibility index (Phi) is 4.97. The van der Waals surface area contributed by atoms with Gasteiger partial charge in [-0.2, -0.15) is 0 Å². The van der Waals surface area contributed by atoms with Gasteiger partial charge in [0.05, 0.1) is 17.1 Å². The summed E-state index contributed by atoms with van der Waals surface area (Å²) in [7, 11) is 0. The molecule has 0 unspecified atom stereocenters. The molecule has 142 valence electrons. The van der Waals surface area contributed by atoms with Gasteiger partial charge in [-0.25, -0.2) is 9.97 Å². The number of para-hydroxylation sites is 2. The van der Waals surface area contributed by atoms with Crippen LogP contribution in [-0.2, 0) is 11.3 Å². The van der Waals surface area contributed by atoms with Crippen molar-refractivity contribution in [1.82, 2.24) is 24.4 Å². The molecule has 1 saturated heterocycles. The minimum atomic E-state index is 0.0472. The summed E-state index contributed by atoms with van der Waals surface area (Å²) in [5.74, 6) is 2.50. The second-order valence-corrected chi connectivity index (χ2v) is 7.62. The number of aromatic amines is 1. The fraction of sp³-hybridized carbons (Fsp3) is 0.476. The van der Waals surface area contributed by atoms with Crippen LogP contribution in [0.4, 0.5) is 0 Å². The van der Waals surface area contributed by atoms with E-state index in [0.29, 0.717) is 18.9 Å². The molecular weight excluding hydrogens is 338 g/mol. The summed E-state index contributed by atoms with van der Waals surface area (Å²) in [5, 5.41) is 0. The van der Waals surface area contributed by atoms with Crippen LogP contribution in [0, 0.1) is 0 Å². The molecule has 0 bridgehead atoms.